The summed E-state index contributed by atoms with van der Waals surface area (Å²) in [4.78, 5) is 15.9. The number of carboxylic acid groups (broad SMARTS) is 1. The summed E-state index contributed by atoms with van der Waals surface area (Å²) in [6.07, 6.45) is 1.81. The largest absolute Gasteiger partial charge is 0.478 e. The second kappa shape index (κ2) is 7.13. The van der Waals surface area contributed by atoms with Gasteiger partial charge in [0.2, 0.25) is 0 Å². The van der Waals surface area contributed by atoms with Crippen molar-refractivity contribution in [2.45, 2.75) is 6.54 Å². The molecule has 0 saturated carbocycles. The van der Waals surface area contributed by atoms with E-state index >= 15 is 0 Å². The number of carboxylic acids is 1. The first-order valence-electron chi connectivity index (χ1n) is 8.39. The van der Waals surface area contributed by atoms with Crippen molar-refractivity contribution in [1.29, 1.82) is 0 Å². The van der Waals surface area contributed by atoms with E-state index < -0.39 is 5.97 Å². The van der Waals surface area contributed by atoms with Gasteiger partial charge in [0.25, 0.3) is 0 Å². The predicted molar refractivity (Wildman–Crippen MR) is 107 cm³/mol. The lowest BCUT2D eigenvalue weighted by Gasteiger charge is -2.10. The zero-order valence-electron chi connectivity index (χ0n) is 14.3. The average Bonchev–Trinajstić information content (AvgIpc) is 3.06. The molecule has 1 aromatic heterocycles. The molecule has 4 rings (SSSR count). The van der Waals surface area contributed by atoms with E-state index in [0.717, 1.165) is 23.3 Å². The number of aromatic nitrogens is 2. The molecular weight excluding hydrogens is 362 g/mol. The van der Waals surface area contributed by atoms with Crippen LogP contribution in [0, 0.1) is 0 Å². The van der Waals surface area contributed by atoms with Crippen molar-refractivity contribution in [2.24, 2.45) is 0 Å². The molecule has 0 bridgehead atoms. The van der Waals surface area contributed by atoms with Gasteiger partial charge in [0.05, 0.1) is 28.6 Å². The van der Waals surface area contributed by atoms with E-state index in [1.54, 1.807) is 12.1 Å². The van der Waals surface area contributed by atoms with Crippen LogP contribution >= 0.6 is 11.6 Å². The fourth-order valence-electron chi connectivity index (χ4n) is 3.01. The van der Waals surface area contributed by atoms with Crippen molar-refractivity contribution in [1.82, 2.24) is 9.55 Å². The van der Waals surface area contributed by atoms with Crippen LogP contribution in [0.5, 0.6) is 0 Å². The average molecular weight is 378 g/mol. The van der Waals surface area contributed by atoms with Gasteiger partial charge >= 0.3 is 5.97 Å². The first-order valence-corrected chi connectivity index (χ1v) is 8.76. The van der Waals surface area contributed by atoms with E-state index in [1.807, 2.05) is 42.7 Å². The Balaban J connectivity index is 1.63. The maximum absolute atomic E-state index is 11.4. The molecule has 1 heterocycles. The van der Waals surface area contributed by atoms with Crippen molar-refractivity contribution >= 4 is 40.0 Å². The van der Waals surface area contributed by atoms with Gasteiger partial charge in [0, 0.05) is 17.3 Å². The molecule has 0 saturated heterocycles. The second-order valence-electron chi connectivity index (χ2n) is 6.18. The number of hydrogen-bond acceptors (Lipinski definition) is 3. The van der Waals surface area contributed by atoms with E-state index in [0.29, 0.717) is 10.7 Å². The minimum absolute atomic E-state index is 0.122. The molecule has 0 unspecified atom stereocenters. The Labute approximate surface area is 160 Å². The fraction of sp³-hybridized carbons (Fsp3) is 0.0476. The maximum Gasteiger partial charge on any atom is 0.337 e. The van der Waals surface area contributed by atoms with Gasteiger partial charge in [-0.05, 0) is 42.0 Å². The second-order valence-corrected chi connectivity index (χ2v) is 6.62. The number of anilines is 2. The first-order chi connectivity index (χ1) is 13.1. The van der Waals surface area contributed by atoms with Crippen LogP contribution in [0.3, 0.4) is 0 Å². The van der Waals surface area contributed by atoms with Crippen LogP contribution in [0.15, 0.2) is 73.1 Å². The normalized spacial score (nSPS) is 10.9. The first kappa shape index (κ1) is 17.1. The van der Waals surface area contributed by atoms with Gasteiger partial charge < -0.3 is 15.0 Å². The van der Waals surface area contributed by atoms with Crippen molar-refractivity contribution < 1.29 is 9.90 Å². The molecule has 3 aromatic carbocycles. The van der Waals surface area contributed by atoms with Crippen LogP contribution in [0.1, 0.15) is 15.9 Å². The number of carbonyl (C=O) groups is 1. The minimum atomic E-state index is -1.03. The van der Waals surface area contributed by atoms with E-state index in [2.05, 4.69) is 27.0 Å². The Bertz CT molecular complexity index is 1120. The molecule has 5 nitrogen and oxygen atoms in total. The van der Waals surface area contributed by atoms with Gasteiger partial charge in [-0.2, -0.15) is 0 Å². The highest BCUT2D eigenvalue weighted by molar-refractivity contribution is 6.31. The Hall–Kier alpha value is -3.31. The number of halogens is 1. The molecule has 6 heteroatoms. The van der Waals surface area contributed by atoms with Crippen LogP contribution < -0.4 is 5.32 Å². The summed E-state index contributed by atoms with van der Waals surface area (Å²) in [6.45, 7) is 0.741. The van der Waals surface area contributed by atoms with Crippen LogP contribution in [0.4, 0.5) is 11.4 Å². The third-order valence-electron chi connectivity index (χ3n) is 4.31. The summed E-state index contributed by atoms with van der Waals surface area (Å²) in [7, 11) is 0. The molecule has 134 valence electrons. The SMILES string of the molecule is O=C(O)c1cc(Cl)ccc1Nc1ccc2c(c1)ncn2Cc1ccccc1. The molecule has 27 heavy (non-hydrogen) atoms. The number of rotatable bonds is 5. The molecule has 0 aliphatic rings. The molecular formula is C21H16ClN3O2. The fourth-order valence-corrected chi connectivity index (χ4v) is 3.18. The third kappa shape index (κ3) is 3.64. The topological polar surface area (TPSA) is 67.2 Å². The molecule has 0 radical (unpaired) electrons. The highest BCUT2D eigenvalue weighted by Crippen LogP contribution is 2.26. The highest BCUT2D eigenvalue weighted by Gasteiger charge is 2.12. The molecule has 2 N–H and O–H groups in total. The van der Waals surface area contributed by atoms with E-state index in [4.69, 9.17) is 11.6 Å². The number of hydrogen-bond donors (Lipinski definition) is 2. The van der Waals surface area contributed by atoms with Crippen molar-refractivity contribution in [3.63, 3.8) is 0 Å². The molecule has 0 amide bonds. The predicted octanol–water partition coefficient (Wildman–Crippen LogP) is 5.18. The Morgan fingerprint density at radius 3 is 2.67 bits per heavy atom. The summed E-state index contributed by atoms with van der Waals surface area (Å²) in [5, 5.41) is 12.9. The standard InChI is InChI=1S/C21H16ClN3O2/c22-15-6-8-18(17(10-15)21(26)27)24-16-7-9-20-19(11-16)23-13-25(20)12-14-4-2-1-3-5-14/h1-11,13,24H,12H2,(H,26,27). The van der Waals surface area contributed by atoms with Gasteiger partial charge in [0.15, 0.2) is 0 Å². The lowest BCUT2D eigenvalue weighted by atomic mass is 10.1. The summed E-state index contributed by atoms with van der Waals surface area (Å²) >= 11 is 5.91. The van der Waals surface area contributed by atoms with Gasteiger partial charge in [-0.3, -0.25) is 0 Å². The van der Waals surface area contributed by atoms with Crippen molar-refractivity contribution in [3.8, 4) is 0 Å². The number of benzene rings is 3. The molecule has 0 aliphatic carbocycles. The molecule has 4 aromatic rings. The number of imidazole rings is 1. The number of aromatic carboxylic acids is 1. The molecule has 0 atom stereocenters. The van der Waals surface area contributed by atoms with Gasteiger partial charge in [-0.1, -0.05) is 41.9 Å². The lowest BCUT2D eigenvalue weighted by Crippen LogP contribution is -2.02. The Morgan fingerprint density at radius 2 is 1.89 bits per heavy atom. The van der Waals surface area contributed by atoms with Crippen LogP contribution in [-0.2, 0) is 6.54 Å². The van der Waals surface area contributed by atoms with E-state index in [-0.39, 0.29) is 5.56 Å². The molecule has 0 spiro atoms. The van der Waals surface area contributed by atoms with Crippen molar-refractivity contribution in [2.75, 3.05) is 5.32 Å². The number of nitrogens with one attached hydrogen (secondary N) is 1. The zero-order valence-corrected chi connectivity index (χ0v) is 15.0. The van der Waals surface area contributed by atoms with E-state index in [9.17, 15) is 9.90 Å². The quantitative estimate of drug-likeness (QED) is 0.503. The number of fused-ring (bicyclic) bond motifs is 1. The zero-order chi connectivity index (χ0) is 18.8. The minimum Gasteiger partial charge on any atom is -0.478 e. The van der Waals surface area contributed by atoms with Gasteiger partial charge in [0.1, 0.15) is 0 Å². The van der Waals surface area contributed by atoms with Crippen LogP contribution in [-0.4, -0.2) is 20.6 Å². The van der Waals surface area contributed by atoms with Crippen molar-refractivity contribution in [3.05, 3.63) is 89.2 Å². The highest BCUT2D eigenvalue weighted by atomic mass is 35.5. The summed E-state index contributed by atoms with van der Waals surface area (Å²) in [5.74, 6) is -1.03. The summed E-state index contributed by atoms with van der Waals surface area (Å²) in [6, 6.07) is 20.7. The molecule has 0 fully saturated rings. The van der Waals surface area contributed by atoms with E-state index in [1.165, 1.54) is 11.6 Å². The lowest BCUT2D eigenvalue weighted by molar-refractivity contribution is 0.0698. The Morgan fingerprint density at radius 1 is 1.07 bits per heavy atom. The third-order valence-corrected chi connectivity index (χ3v) is 4.54. The summed E-state index contributed by atoms with van der Waals surface area (Å²) in [5.41, 5.74) is 4.41. The van der Waals surface area contributed by atoms with Gasteiger partial charge in [-0.15, -0.1) is 0 Å². The smallest absolute Gasteiger partial charge is 0.337 e. The van der Waals surface area contributed by atoms with Crippen LogP contribution in [0.2, 0.25) is 5.02 Å². The number of nitrogens with zero attached hydrogens (tertiary/aromatic N) is 2. The maximum atomic E-state index is 11.4. The van der Waals surface area contributed by atoms with Gasteiger partial charge in [-0.25, -0.2) is 9.78 Å². The molecule has 0 aliphatic heterocycles. The Kier molecular flexibility index (Phi) is 4.52. The summed E-state index contributed by atoms with van der Waals surface area (Å²) < 4.78 is 2.08. The van der Waals surface area contributed by atoms with Crippen LogP contribution in [0.25, 0.3) is 11.0 Å². The monoisotopic (exact) mass is 377 g/mol.